The third kappa shape index (κ3) is 4.50. The zero-order valence-corrected chi connectivity index (χ0v) is 15.5. The summed E-state index contributed by atoms with van der Waals surface area (Å²) < 4.78 is 0. The summed E-state index contributed by atoms with van der Waals surface area (Å²) in [4.78, 5) is 11.7. The van der Waals surface area contributed by atoms with Crippen LogP contribution < -0.4 is 15.5 Å². The number of nitriles is 1. The molecule has 1 atom stereocenters. The number of aryl methyl sites for hydroxylation is 1. The predicted molar refractivity (Wildman–Crippen MR) is 105 cm³/mol. The predicted octanol–water partition coefficient (Wildman–Crippen LogP) is 3.23. The molecule has 1 aromatic heterocycles. The van der Waals surface area contributed by atoms with Crippen LogP contribution in [-0.4, -0.2) is 36.1 Å². The van der Waals surface area contributed by atoms with Gasteiger partial charge in [0, 0.05) is 36.6 Å². The highest BCUT2D eigenvalue weighted by Crippen LogP contribution is 2.23. The number of nitrogens with zero attached hydrogens (tertiary/aromatic N) is 4. The van der Waals surface area contributed by atoms with E-state index in [1.165, 1.54) is 0 Å². The van der Waals surface area contributed by atoms with Crippen LogP contribution >= 0.6 is 0 Å². The van der Waals surface area contributed by atoms with Gasteiger partial charge >= 0.3 is 0 Å². The summed E-state index contributed by atoms with van der Waals surface area (Å²) in [6, 6.07) is 12.2. The fourth-order valence-electron chi connectivity index (χ4n) is 3.19. The average Bonchev–Trinajstić information content (AvgIpc) is 3.16. The monoisotopic (exact) mass is 350 g/mol. The van der Waals surface area contributed by atoms with E-state index >= 15 is 0 Å². The van der Waals surface area contributed by atoms with Gasteiger partial charge in [0.15, 0.2) is 0 Å². The molecule has 0 saturated carbocycles. The Kier molecular flexibility index (Phi) is 6.03. The standard InChI is InChI=1S/C20H26N6/c1-3-4-7-17-12-19(26-10-9-18(14-26)22-2)25-20(24-17)23-16-8-5-6-15(11-16)13-21/h5-6,8,11-12,18,22H,3-4,7,9-10,14H2,1-2H3,(H,23,24,25). The molecule has 3 rings (SSSR count). The maximum absolute atomic E-state index is 9.08. The molecule has 1 aliphatic rings. The highest BCUT2D eigenvalue weighted by atomic mass is 15.3. The van der Waals surface area contributed by atoms with Crippen LogP contribution in [0, 0.1) is 11.3 Å². The van der Waals surface area contributed by atoms with Crippen LogP contribution in [-0.2, 0) is 6.42 Å². The summed E-state index contributed by atoms with van der Waals surface area (Å²) in [5.41, 5.74) is 2.51. The minimum Gasteiger partial charge on any atom is -0.355 e. The molecule has 0 bridgehead atoms. The number of likely N-dealkylation sites (N-methyl/N-ethyl adjacent to an activating group) is 1. The maximum Gasteiger partial charge on any atom is 0.229 e. The molecule has 26 heavy (non-hydrogen) atoms. The van der Waals surface area contributed by atoms with Crippen LogP contribution in [0.25, 0.3) is 0 Å². The first-order valence-corrected chi connectivity index (χ1v) is 9.29. The number of aromatic nitrogens is 2. The Morgan fingerprint density at radius 2 is 2.19 bits per heavy atom. The van der Waals surface area contributed by atoms with Gasteiger partial charge in [-0.05, 0) is 44.5 Å². The summed E-state index contributed by atoms with van der Waals surface area (Å²) in [5.74, 6) is 1.57. The summed E-state index contributed by atoms with van der Waals surface area (Å²) in [6.07, 6.45) is 4.32. The third-order valence-electron chi connectivity index (χ3n) is 4.72. The molecule has 1 unspecified atom stereocenters. The number of hydrogen-bond acceptors (Lipinski definition) is 6. The molecule has 0 spiro atoms. The van der Waals surface area contributed by atoms with E-state index in [2.05, 4.69) is 39.6 Å². The molecule has 0 amide bonds. The first-order chi connectivity index (χ1) is 12.7. The lowest BCUT2D eigenvalue weighted by molar-refractivity contribution is 0.616. The molecule has 6 heteroatoms. The van der Waals surface area contributed by atoms with Gasteiger partial charge in [0.25, 0.3) is 0 Å². The number of rotatable bonds is 7. The smallest absolute Gasteiger partial charge is 0.229 e. The molecule has 2 N–H and O–H groups in total. The van der Waals surface area contributed by atoms with Crippen LogP contribution in [0.15, 0.2) is 30.3 Å². The first-order valence-electron chi connectivity index (χ1n) is 9.29. The Morgan fingerprint density at radius 1 is 1.31 bits per heavy atom. The normalized spacial score (nSPS) is 16.5. The highest BCUT2D eigenvalue weighted by molar-refractivity contribution is 5.58. The Morgan fingerprint density at radius 3 is 2.92 bits per heavy atom. The molecule has 0 aliphatic carbocycles. The van der Waals surface area contributed by atoms with E-state index < -0.39 is 0 Å². The van der Waals surface area contributed by atoms with E-state index in [0.29, 0.717) is 17.6 Å². The molecular weight excluding hydrogens is 324 g/mol. The molecule has 1 saturated heterocycles. The maximum atomic E-state index is 9.08. The second kappa shape index (κ2) is 8.63. The molecule has 1 aromatic carbocycles. The lowest BCUT2D eigenvalue weighted by Crippen LogP contribution is -2.30. The van der Waals surface area contributed by atoms with Crippen molar-refractivity contribution in [2.45, 2.75) is 38.6 Å². The van der Waals surface area contributed by atoms with Crippen molar-refractivity contribution in [3.63, 3.8) is 0 Å². The van der Waals surface area contributed by atoms with E-state index in [1.54, 1.807) is 6.07 Å². The van der Waals surface area contributed by atoms with Gasteiger partial charge in [0.1, 0.15) is 5.82 Å². The Labute approximate surface area is 155 Å². The topological polar surface area (TPSA) is 76.9 Å². The van der Waals surface area contributed by atoms with E-state index in [-0.39, 0.29) is 0 Å². The summed E-state index contributed by atoms with van der Waals surface area (Å²) >= 11 is 0. The fraction of sp³-hybridized carbons (Fsp3) is 0.450. The Balaban J connectivity index is 1.85. The molecule has 1 aliphatic heterocycles. The second-order valence-electron chi connectivity index (χ2n) is 6.68. The minimum atomic E-state index is 0.507. The van der Waals surface area contributed by atoms with Gasteiger partial charge in [0.05, 0.1) is 11.6 Å². The molecule has 6 nitrogen and oxygen atoms in total. The van der Waals surface area contributed by atoms with Gasteiger partial charge in [0.2, 0.25) is 5.95 Å². The summed E-state index contributed by atoms with van der Waals surface area (Å²) in [5, 5.41) is 15.7. The Bertz CT molecular complexity index is 782. The van der Waals surface area contributed by atoms with Gasteiger partial charge in [-0.15, -0.1) is 0 Å². The van der Waals surface area contributed by atoms with Gasteiger partial charge in [-0.3, -0.25) is 0 Å². The van der Waals surface area contributed by atoms with E-state index in [9.17, 15) is 0 Å². The molecule has 0 radical (unpaired) electrons. The zero-order valence-electron chi connectivity index (χ0n) is 15.5. The molecular formula is C20H26N6. The lowest BCUT2D eigenvalue weighted by atomic mass is 10.2. The van der Waals surface area contributed by atoms with Crippen molar-refractivity contribution in [2.24, 2.45) is 0 Å². The van der Waals surface area contributed by atoms with Gasteiger partial charge in [-0.2, -0.15) is 10.2 Å². The minimum absolute atomic E-state index is 0.507. The van der Waals surface area contributed by atoms with Crippen molar-refractivity contribution in [1.29, 1.82) is 5.26 Å². The largest absolute Gasteiger partial charge is 0.355 e. The van der Waals surface area contributed by atoms with E-state index in [0.717, 1.165) is 56.0 Å². The number of hydrogen-bond donors (Lipinski definition) is 2. The van der Waals surface area contributed by atoms with Gasteiger partial charge < -0.3 is 15.5 Å². The van der Waals surface area contributed by atoms with Crippen LogP contribution in [0.4, 0.5) is 17.5 Å². The number of anilines is 3. The number of benzene rings is 1. The van der Waals surface area contributed by atoms with Crippen LogP contribution in [0.5, 0.6) is 0 Å². The zero-order chi connectivity index (χ0) is 18.4. The summed E-state index contributed by atoms with van der Waals surface area (Å²) in [6.45, 7) is 4.15. The van der Waals surface area contributed by atoms with Gasteiger partial charge in [-0.1, -0.05) is 19.4 Å². The number of unbranched alkanes of at least 4 members (excludes halogenated alkanes) is 1. The molecule has 2 aromatic rings. The SMILES string of the molecule is CCCCc1cc(N2CCC(NC)C2)nc(Nc2cccc(C#N)c2)n1. The number of nitrogens with one attached hydrogen (secondary N) is 2. The summed E-state index contributed by atoms with van der Waals surface area (Å²) in [7, 11) is 2.01. The average molecular weight is 350 g/mol. The van der Waals surface area contributed by atoms with E-state index in [4.69, 9.17) is 10.2 Å². The van der Waals surface area contributed by atoms with Crippen molar-refractivity contribution in [3.8, 4) is 6.07 Å². The van der Waals surface area contributed by atoms with Crippen LogP contribution in [0.2, 0.25) is 0 Å². The van der Waals surface area contributed by atoms with Gasteiger partial charge in [-0.25, -0.2) is 4.98 Å². The molecule has 2 heterocycles. The molecule has 136 valence electrons. The second-order valence-corrected chi connectivity index (χ2v) is 6.68. The van der Waals surface area contributed by atoms with Crippen LogP contribution in [0.3, 0.4) is 0 Å². The van der Waals surface area contributed by atoms with E-state index in [1.807, 2.05) is 25.2 Å². The first kappa shape index (κ1) is 18.2. The third-order valence-corrected chi connectivity index (χ3v) is 4.72. The lowest BCUT2D eigenvalue weighted by Gasteiger charge is -2.19. The van der Waals surface area contributed by atoms with Crippen molar-refractivity contribution in [1.82, 2.24) is 15.3 Å². The van der Waals surface area contributed by atoms with Crippen molar-refractivity contribution >= 4 is 17.5 Å². The quantitative estimate of drug-likeness (QED) is 0.798. The highest BCUT2D eigenvalue weighted by Gasteiger charge is 2.23. The van der Waals surface area contributed by atoms with Crippen molar-refractivity contribution in [3.05, 3.63) is 41.6 Å². The fourth-order valence-corrected chi connectivity index (χ4v) is 3.19. The van der Waals surface area contributed by atoms with Crippen molar-refractivity contribution < 1.29 is 0 Å². The Hall–Kier alpha value is -2.65. The van der Waals surface area contributed by atoms with Crippen LogP contribution in [0.1, 0.15) is 37.4 Å². The molecule has 1 fully saturated rings. The van der Waals surface area contributed by atoms with Crippen molar-refractivity contribution in [2.75, 3.05) is 30.4 Å².